The molecule has 1 amide bonds. The van der Waals surface area contributed by atoms with E-state index in [1.54, 1.807) is 0 Å². The normalized spacial score (nSPS) is 10.9. The van der Waals surface area contributed by atoms with E-state index < -0.39 is 0 Å². The van der Waals surface area contributed by atoms with Gasteiger partial charge in [-0.2, -0.15) is 0 Å². The summed E-state index contributed by atoms with van der Waals surface area (Å²) in [6.07, 6.45) is 0. The maximum atomic E-state index is 12.4. The number of rotatable bonds is 7. The minimum absolute atomic E-state index is 0.0790. The fourth-order valence-corrected chi connectivity index (χ4v) is 4.43. The minimum Gasteiger partial charge on any atom is -0.485 e. The zero-order valence-corrected chi connectivity index (χ0v) is 20.1. The molecule has 30 heavy (non-hydrogen) atoms. The van der Waals surface area contributed by atoms with E-state index in [1.165, 1.54) is 11.8 Å². The number of amides is 1. The molecule has 3 rings (SSSR count). The Bertz CT molecular complexity index is 1060. The number of benzene rings is 2. The number of nitrogens with one attached hydrogen (secondary N) is 1. The van der Waals surface area contributed by atoms with E-state index in [0.717, 1.165) is 38.2 Å². The highest BCUT2D eigenvalue weighted by atomic mass is 79.9. The van der Waals surface area contributed by atoms with Gasteiger partial charge in [-0.15, -0.1) is 10.2 Å². The van der Waals surface area contributed by atoms with Crippen molar-refractivity contribution in [2.24, 2.45) is 7.05 Å². The third-order valence-electron chi connectivity index (χ3n) is 4.72. The fourth-order valence-electron chi connectivity index (χ4n) is 3.01. The van der Waals surface area contributed by atoms with Crippen molar-refractivity contribution in [3.05, 3.63) is 62.9 Å². The van der Waals surface area contributed by atoms with Crippen LogP contribution < -0.4 is 10.1 Å². The van der Waals surface area contributed by atoms with Crippen LogP contribution in [0.3, 0.4) is 0 Å². The summed E-state index contributed by atoms with van der Waals surface area (Å²) < 4.78 is 8.78. The maximum Gasteiger partial charge on any atom is 0.234 e. The molecule has 0 radical (unpaired) electrons. The predicted octanol–water partition coefficient (Wildman–Crippen LogP) is 5.12. The van der Waals surface area contributed by atoms with E-state index in [4.69, 9.17) is 4.74 Å². The fraction of sp³-hybridized carbons (Fsp3) is 0.318. The Morgan fingerprint density at radius 2 is 1.80 bits per heavy atom. The monoisotopic (exact) mass is 488 g/mol. The predicted molar refractivity (Wildman–Crippen MR) is 124 cm³/mol. The molecule has 0 atom stereocenters. The topological polar surface area (TPSA) is 69.0 Å². The summed E-state index contributed by atoms with van der Waals surface area (Å²) in [5, 5.41) is 12.1. The first-order chi connectivity index (χ1) is 14.2. The van der Waals surface area contributed by atoms with Crippen LogP contribution in [0.5, 0.6) is 5.75 Å². The van der Waals surface area contributed by atoms with Crippen molar-refractivity contribution in [1.82, 2.24) is 14.8 Å². The lowest BCUT2D eigenvalue weighted by Gasteiger charge is -2.12. The van der Waals surface area contributed by atoms with Gasteiger partial charge in [0.05, 0.1) is 5.75 Å². The van der Waals surface area contributed by atoms with Crippen LogP contribution in [-0.4, -0.2) is 26.4 Å². The molecule has 158 valence electrons. The number of thioether (sulfide) groups is 1. The van der Waals surface area contributed by atoms with Gasteiger partial charge in [-0.05, 0) is 68.1 Å². The molecule has 1 N–H and O–H groups in total. The van der Waals surface area contributed by atoms with Gasteiger partial charge < -0.3 is 14.6 Å². The molecule has 0 bridgehead atoms. The molecule has 0 aliphatic heterocycles. The SMILES string of the molecule is Cc1ccc(C)c(OCc2nnc(SCC(=O)Nc3c(C)cc(Br)cc3C)n2C)c1. The highest BCUT2D eigenvalue weighted by molar-refractivity contribution is 9.10. The van der Waals surface area contributed by atoms with Crippen molar-refractivity contribution in [1.29, 1.82) is 0 Å². The van der Waals surface area contributed by atoms with Crippen molar-refractivity contribution in [2.45, 2.75) is 39.5 Å². The average molecular weight is 489 g/mol. The molecule has 3 aromatic rings. The zero-order chi connectivity index (χ0) is 21.8. The summed E-state index contributed by atoms with van der Waals surface area (Å²) in [7, 11) is 1.88. The lowest BCUT2D eigenvalue weighted by molar-refractivity contribution is -0.113. The number of aryl methyl sites for hydroxylation is 4. The van der Waals surface area contributed by atoms with Gasteiger partial charge in [-0.3, -0.25) is 4.79 Å². The Morgan fingerprint density at radius 3 is 2.50 bits per heavy atom. The van der Waals surface area contributed by atoms with Crippen LogP contribution in [0, 0.1) is 27.7 Å². The molecule has 0 fully saturated rings. The highest BCUT2D eigenvalue weighted by Gasteiger charge is 2.14. The molecule has 0 spiro atoms. The van der Waals surface area contributed by atoms with Crippen LogP contribution in [0.1, 0.15) is 28.1 Å². The van der Waals surface area contributed by atoms with Gasteiger partial charge in [0.2, 0.25) is 5.91 Å². The van der Waals surface area contributed by atoms with Crippen LogP contribution in [0.4, 0.5) is 5.69 Å². The number of nitrogens with zero attached hydrogens (tertiary/aromatic N) is 3. The molecule has 0 aliphatic carbocycles. The summed E-state index contributed by atoms with van der Waals surface area (Å²) in [6, 6.07) is 10.1. The molecule has 1 aromatic heterocycles. The van der Waals surface area contributed by atoms with Gasteiger partial charge in [-0.1, -0.05) is 39.8 Å². The number of hydrogen-bond donors (Lipinski definition) is 1. The van der Waals surface area contributed by atoms with Gasteiger partial charge >= 0.3 is 0 Å². The van der Waals surface area contributed by atoms with Crippen LogP contribution >= 0.6 is 27.7 Å². The molecule has 0 aliphatic rings. The van der Waals surface area contributed by atoms with E-state index in [1.807, 2.05) is 63.6 Å². The largest absolute Gasteiger partial charge is 0.485 e. The third kappa shape index (κ3) is 5.43. The Labute approximate surface area is 189 Å². The summed E-state index contributed by atoms with van der Waals surface area (Å²) in [4.78, 5) is 12.4. The smallest absolute Gasteiger partial charge is 0.234 e. The lowest BCUT2D eigenvalue weighted by atomic mass is 10.1. The van der Waals surface area contributed by atoms with Crippen LogP contribution in [-0.2, 0) is 18.4 Å². The molecule has 0 unspecified atom stereocenters. The van der Waals surface area contributed by atoms with Crippen molar-refractivity contribution in [3.63, 3.8) is 0 Å². The second kappa shape index (κ2) is 9.66. The molecule has 2 aromatic carbocycles. The number of ether oxygens (including phenoxy) is 1. The Kier molecular flexibility index (Phi) is 7.20. The van der Waals surface area contributed by atoms with E-state index in [2.05, 4.69) is 37.5 Å². The Morgan fingerprint density at radius 1 is 1.10 bits per heavy atom. The van der Waals surface area contributed by atoms with Gasteiger partial charge in [0.15, 0.2) is 11.0 Å². The first-order valence-corrected chi connectivity index (χ1v) is 11.3. The zero-order valence-electron chi connectivity index (χ0n) is 17.7. The summed E-state index contributed by atoms with van der Waals surface area (Å²) in [5.74, 6) is 1.72. The molecular weight excluding hydrogens is 464 g/mol. The van der Waals surface area contributed by atoms with Crippen molar-refractivity contribution in [2.75, 3.05) is 11.1 Å². The van der Waals surface area contributed by atoms with Crippen molar-refractivity contribution >= 4 is 39.3 Å². The van der Waals surface area contributed by atoms with Gasteiger partial charge in [0.25, 0.3) is 0 Å². The average Bonchev–Trinajstić information content (AvgIpc) is 3.03. The maximum absolute atomic E-state index is 12.4. The van der Waals surface area contributed by atoms with E-state index in [-0.39, 0.29) is 11.7 Å². The second-order valence-electron chi connectivity index (χ2n) is 7.27. The van der Waals surface area contributed by atoms with Crippen molar-refractivity contribution < 1.29 is 9.53 Å². The first-order valence-electron chi connectivity index (χ1n) is 9.52. The lowest BCUT2D eigenvalue weighted by Crippen LogP contribution is -2.16. The first kappa shape index (κ1) is 22.4. The number of carbonyl (C=O) groups excluding carboxylic acids is 1. The molecule has 0 saturated carbocycles. The summed E-state index contributed by atoms with van der Waals surface area (Å²) in [5.41, 5.74) is 5.11. The van der Waals surface area contributed by atoms with Gasteiger partial charge in [0.1, 0.15) is 12.4 Å². The Hall–Kier alpha value is -2.32. The Balaban J connectivity index is 1.59. The van der Waals surface area contributed by atoms with Gasteiger partial charge in [0, 0.05) is 17.2 Å². The van der Waals surface area contributed by atoms with Crippen molar-refractivity contribution in [3.8, 4) is 5.75 Å². The molecule has 1 heterocycles. The van der Waals surface area contributed by atoms with E-state index in [0.29, 0.717) is 17.6 Å². The number of anilines is 1. The molecule has 6 nitrogen and oxygen atoms in total. The van der Waals surface area contributed by atoms with E-state index >= 15 is 0 Å². The molecule has 8 heteroatoms. The number of carbonyl (C=O) groups is 1. The minimum atomic E-state index is -0.0790. The number of aromatic nitrogens is 3. The number of hydrogen-bond acceptors (Lipinski definition) is 5. The molecular formula is C22H25BrN4O2S. The highest BCUT2D eigenvalue weighted by Crippen LogP contribution is 2.26. The van der Waals surface area contributed by atoms with E-state index in [9.17, 15) is 4.79 Å². The van der Waals surface area contributed by atoms with Crippen LogP contribution in [0.15, 0.2) is 40.0 Å². The standard InChI is InChI=1S/C22H25BrN4O2S/c1-13-6-7-14(2)18(8-13)29-11-19-25-26-22(27(19)5)30-12-20(28)24-21-15(3)9-17(23)10-16(21)4/h6-10H,11-12H2,1-5H3,(H,24,28). The van der Waals surface area contributed by atoms with Gasteiger partial charge in [-0.25, -0.2) is 0 Å². The quantitative estimate of drug-likeness (QED) is 0.467. The summed E-state index contributed by atoms with van der Waals surface area (Å²) >= 11 is 4.82. The van der Waals surface area contributed by atoms with Crippen LogP contribution in [0.2, 0.25) is 0 Å². The number of halogens is 1. The summed E-state index contributed by atoms with van der Waals surface area (Å²) in [6.45, 7) is 8.32. The molecule has 0 saturated heterocycles. The van der Waals surface area contributed by atoms with Crippen LogP contribution in [0.25, 0.3) is 0 Å². The second-order valence-corrected chi connectivity index (χ2v) is 9.13. The third-order valence-corrected chi connectivity index (χ3v) is 6.20.